The van der Waals surface area contributed by atoms with Crippen LogP contribution in [0.4, 0.5) is 10.1 Å². The van der Waals surface area contributed by atoms with E-state index in [0.717, 1.165) is 6.07 Å². The maximum atomic E-state index is 13.4. The van der Waals surface area contributed by atoms with Crippen LogP contribution in [0.2, 0.25) is 0 Å². The van der Waals surface area contributed by atoms with E-state index in [0.29, 0.717) is 5.56 Å². The molecule has 1 aromatic heterocycles. The molecule has 0 bridgehead atoms. The lowest BCUT2D eigenvalue weighted by Crippen LogP contribution is -2.18. The Bertz CT molecular complexity index is 1460. The molecule has 4 aromatic rings. The van der Waals surface area contributed by atoms with Gasteiger partial charge in [0.25, 0.3) is 11.6 Å². The molecule has 0 aliphatic carbocycles. The van der Waals surface area contributed by atoms with Crippen LogP contribution in [0.3, 0.4) is 0 Å². The molecule has 9 nitrogen and oxygen atoms in total. The molecule has 0 aliphatic rings. The summed E-state index contributed by atoms with van der Waals surface area (Å²) in [6.45, 7) is 0. The van der Waals surface area contributed by atoms with E-state index in [4.69, 9.17) is 9.15 Å². The highest BCUT2D eigenvalue weighted by atomic mass is 19.1. The maximum Gasteiger partial charge on any atom is 0.335 e. The molecule has 0 radical (unpaired) electrons. The zero-order chi connectivity index (χ0) is 24.6. The van der Waals surface area contributed by atoms with E-state index in [1.807, 2.05) is 0 Å². The number of nitro benzene ring substituents is 1. The smallest absolute Gasteiger partial charge is 0.335 e. The second-order valence-electron chi connectivity index (χ2n) is 7.24. The number of nitro groups is 1. The molecular weight excluding hydrogens is 447 g/mol. The molecule has 0 fully saturated rings. The topological polar surface area (TPSA) is 132 Å². The number of carbonyl (C=O) groups excluding carboxylic acids is 1. The zero-order valence-corrected chi connectivity index (χ0v) is 17.9. The van der Waals surface area contributed by atoms with Gasteiger partial charge in [-0.25, -0.2) is 9.18 Å². The first-order chi connectivity index (χ1) is 16.2. The summed E-state index contributed by atoms with van der Waals surface area (Å²) in [6, 6.07) is 11.8. The lowest BCUT2D eigenvalue weighted by Gasteiger charge is -2.11. The number of nitrogens with one attached hydrogen (secondary N) is 1. The molecule has 4 rings (SSSR count). The van der Waals surface area contributed by atoms with Gasteiger partial charge >= 0.3 is 5.97 Å². The van der Waals surface area contributed by atoms with Gasteiger partial charge in [0.05, 0.1) is 34.8 Å². The van der Waals surface area contributed by atoms with Crippen LogP contribution < -0.4 is 10.1 Å². The number of carbonyl (C=O) groups is 2. The summed E-state index contributed by atoms with van der Waals surface area (Å²) in [5, 5.41) is 24.1. The molecule has 172 valence electrons. The molecule has 0 saturated carbocycles. The molecule has 0 unspecified atom stereocenters. The summed E-state index contributed by atoms with van der Waals surface area (Å²) in [4.78, 5) is 35.6. The van der Waals surface area contributed by atoms with Crippen molar-refractivity contribution in [1.29, 1.82) is 0 Å². The fraction of sp³-hybridized carbons (Fsp3) is 0.0833. The summed E-state index contributed by atoms with van der Waals surface area (Å²) in [6.07, 6.45) is 0. The Hall–Kier alpha value is -4.73. The fourth-order valence-electron chi connectivity index (χ4n) is 3.71. The van der Waals surface area contributed by atoms with Gasteiger partial charge in [-0.05, 0) is 48.5 Å². The van der Waals surface area contributed by atoms with E-state index in [2.05, 4.69) is 5.32 Å². The Balaban J connectivity index is 2.08. The fourth-order valence-corrected chi connectivity index (χ4v) is 3.71. The average molecular weight is 464 g/mol. The SMILES string of the molecule is CNC(=O)c1c(-c2ccc(F)cc2)oc2cc([N+](=O)[O-])c(-c3cc(C(=O)O)ccc3OC)cc12. The van der Waals surface area contributed by atoms with Crippen LogP contribution in [0.15, 0.2) is 59.0 Å². The maximum absolute atomic E-state index is 13.4. The van der Waals surface area contributed by atoms with Crippen molar-refractivity contribution in [2.75, 3.05) is 14.2 Å². The number of rotatable bonds is 6. The number of hydrogen-bond acceptors (Lipinski definition) is 6. The van der Waals surface area contributed by atoms with Gasteiger partial charge in [-0.2, -0.15) is 0 Å². The van der Waals surface area contributed by atoms with Gasteiger partial charge in [0, 0.05) is 23.6 Å². The summed E-state index contributed by atoms with van der Waals surface area (Å²) in [5.41, 5.74) is 0.255. The van der Waals surface area contributed by atoms with Gasteiger partial charge in [-0.1, -0.05) is 0 Å². The number of halogens is 1. The number of ether oxygens (including phenoxy) is 1. The van der Waals surface area contributed by atoms with Crippen LogP contribution in [0.5, 0.6) is 5.75 Å². The minimum absolute atomic E-state index is 0.0362. The Morgan fingerprint density at radius 2 is 1.79 bits per heavy atom. The summed E-state index contributed by atoms with van der Waals surface area (Å²) >= 11 is 0. The molecule has 1 heterocycles. The molecular formula is C24H17FN2O7. The Morgan fingerprint density at radius 1 is 1.09 bits per heavy atom. The van der Waals surface area contributed by atoms with Crippen LogP contribution in [-0.2, 0) is 0 Å². The monoisotopic (exact) mass is 464 g/mol. The minimum atomic E-state index is -1.22. The Kier molecular flexibility index (Phi) is 5.72. The van der Waals surface area contributed by atoms with Crippen LogP contribution in [0.1, 0.15) is 20.7 Å². The molecule has 10 heteroatoms. The number of carboxylic acids is 1. The van der Waals surface area contributed by atoms with Gasteiger partial charge in [0.1, 0.15) is 22.9 Å². The summed E-state index contributed by atoms with van der Waals surface area (Å²) < 4.78 is 24.6. The zero-order valence-electron chi connectivity index (χ0n) is 17.9. The average Bonchev–Trinajstić information content (AvgIpc) is 3.21. The normalized spacial score (nSPS) is 10.8. The van der Waals surface area contributed by atoms with Crippen LogP contribution in [0.25, 0.3) is 33.4 Å². The molecule has 3 aromatic carbocycles. The lowest BCUT2D eigenvalue weighted by atomic mass is 9.96. The van der Waals surface area contributed by atoms with E-state index in [1.54, 1.807) is 0 Å². The Morgan fingerprint density at radius 3 is 2.38 bits per heavy atom. The third kappa shape index (κ3) is 3.81. The number of fused-ring (bicyclic) bond motifs is 1. The highest BCUT2D eigenvalue weighted by molar-refractivity contribution is 6.12. The van der Waals surface area contributed by atoms with Crippen molar-refractivity contribution in [3.05, 3.63) is 81.7 Å². The highest BCUT2D eigenvalue weighted by Gasteiger charge is 2.27. The second-order valence-corrected chi connectivity index (χ2v) is 7.24. The van der Waals surface area contributed by atoms with Gasteiger partial charge in [-0.3, -0.25) is 14.9 Å². The lowest BCUT2D eigenvalue weighted by molar-refractivity contribution is -0.384. The van der Waals surface area contributed by atoms with Gasteiger partial charge in [-0.15, -0.1) is 0 Å². The van der Waals surface area contributed by atoms with Crippen molar-refractivity contribution in [1.82, 2.24) is 5.32 Å². The molecule has 0 atom stereocenters. The second kappa shape index (κ2) is 8.66. The van der Waals surface area contributed by atoms with Crippen LogP contribution >= 0.6 is 0 Å². The van der Waals surface area contributed by atoms with Crippen molar-refractivity contribution in [2.45, 2.75) is 0 Å². The number of nitrogens with zero attached hydrogens (tertiary/aromatic N) is 1. The number of methoxy groups -OCH3 is 1. The van der Waals surface area contributed by atoms with Crippen LogP contribution in [0, 0.1) is 15.9 Å². The number of furan rings is 1. The van der Waals surface area contributed by atoms with Crippen molar-refractivity contribution in [3.8, 4) is 28.2 Å². The Labute approximate surface area is 191 Å². The van der Waals surface area contributed by atoms with Gasteiger partial charge in [0.15, 0.2) is 0 Å². The summed E-state index contributed by atoms with van der Waals surface area (Å²) in [5.74, 6) is -1.92. The van der Waals surface area contributed by atoms with Crippen molar-refractivity contribution >= 4 is 28.5 Å². The van der Waals surface area contributed by atoms with E-state index in [1.165, 1.54) is 62.7 Å². The standard InChI is InChI=1S/C24H17FN2O7/c1-26-23(28)21-17-10-15(16-9-13(24(29)30)5-8-19(16)33-2)18(27(31)32)11-20(17)34-22(21)12-3-6-14(25)7-4-12/h3-11H,1-2H3,(H,26,28)(H,29,30). The molecule has 0 spiro atoms. The first kappa shape index (κ1) is 22.5. The number of hydrogen-bond donors (Lipinski definition) is 2. The third-order valence-electron chi connectivity index (χ3n) is 5.30. The molecule has 2 N–H and O–H groups in total. The van der Waals surface area contributed by atoms with Crippen LogP contribution in [-0.4, -0.2) is 36.1 Å². The summed E-state index contributed by atoms with van der Waals surface area (Å²) in [7, 11) is 2.77. The molecule has 1 amide bonds. The molecule has 34 heavy (non-hydrogen) atoms. The molecule has 0 aliphatic heterocycles. The van der Waals surface area contributed by atoms with E-state index in [9.17, 15) is 29.2 Å². The number of aromatic carboxylic acids is 1. The third-order valence-corrected chi connectivity index (χ3v) is 5.30. The van der Waals surface area contributed by atoms with E-state index in [-0.39, 0.29) is 50.4 Å². The van der Waals surface area contributed by atoms with Gasteiger partial charge < -0.3 is 19.6 Å². The minimum Gasteiger partial charge on any atom is -0.496 e. The van der Waals surface area contributed by atoms with Crippen molar-refractivity contribution in [2.24, 2.45) is 0 Å². The highest BCUT2D eigenvalue weighted by Crippen LogP contribution is 2.43. The van der Waals surface area contributed by atoms with E-state index < -0.39 is 22.6 Å². The first-order valence-corrected chi connectivity index (χ1v) is 9.89. The molecule has 0 saturated heterocycles. The predicted molar refractivity (Wildman–Crippen MR) is 121 cm³/mol. The number of benzene rings is 3. The number of amides is 1. The largest absolute Gasteiger partial charge is 0.496 e. The quantitative estimate of drug-likeness (QED) is 0.307. The first-order valence-electron chi connectivity index (χ1n) is 9.89. The van der Waals surface area contributed by atoms with Crippen molar-refractivity contribution in [3.63, 3.8) is 0 Å². The van der Waals surface area contributed by atoms with Gasteiger partial charge in [0.2, 0.25) is 0 Å². The predicted octanol–water partition coefficient (Wildman–Crippen LogP) is 4.88. The number of carboxylic acid groups (broad SMARTS) is 1. The van der Waals surface area contributed by atoms with E-state index >= 15 is 0 Å². The van der Waals surface area contributed by atoms with Crippen molar-refractivity contribution < 1.29 is 33.2 Å².